The van der Waals surface area contributed by atoms with Crippen LogP contribution in [0.15, 0.2) is 35.5 Å². The molecule has 0 radical (unpaired) electrons. The Bertz CT molecular complexity index is 440. The summed E-state index contributed by atoms with van der Waals surface area (Å²) in [7, 11) is 0. The number of rotatable bonds is 4. The van der Waals surface area contributed by atoms with E-state index in [4.69, 9.17) is 5.53 Å². The first-order valence-electron chi connectivity index (χ1n) is 5.92. The first-order chi connectivity index (χ1) is 8.40. The number of hydrogen-bond acceptors (Lipinski definition) is 2. The number of anilines is 1. The third-order valence-electron chi connectivity index (χ3n) is 2.90. The summed E-state index contributed by atoms with van der Waals surface area (Å²) in [6.45, 7) is 2.72. The molecule has 88 valence electrons. The number of hydrogen-bond donors (Lipinski definition) is 0. The average Bonchev–Trinajstić information content (AvgIpc) is 2.89. The van der Waals surface area contributed by atoms with Crippen LogP contribution < -0.4 is 4.90 Å². The zero-order chi connectivity index (χ0) is 11.9. The fraction of sp³-hybridized carbons (Fsp3) is 0.385. The van der Waals surface area contributed by atoms with Gasteiger partial charge in [-0.25, -0.2) is 0 Å². The van der Waals surface area contributed by atoms with Crippen molar-refractivity contribution in [1.29, 1.82) is 0 Å². The molecule has 0 bridgehead atoms. The van der Waals surface area contributed by atoms with E-state index >= 15 is 0 Å². The zero-order valence-corrected chi connectivity index (χ0v) is 9.79. The summed E-state index contributed by atoms with van der Waals surface area (Å²) in [6.07, 6.45) is 6.45. The molecule has 0 saturated carbocycles. The van der Waals surface area contributed by atoms with Crippen molar-refractivity contribution in [1.82, 2.24) is 0 Å². The minimum Gasteiger partial charge on any atom is -0.372 e. The molecule has 4 nitrogen and oxygen atoms in total. The summed E-state index contributed by atoms with van der Waals surface area (Å²) in [5.41, 5.74) is 10.6. The lowest BCUT2D eigenvalue weighted by atomic mass is 10.2. The molecule has 1 aromatic carbocycles. The molecule has 0 unspecified atom stereocenters. The smallest absolute Gasteiger partial charge is 0.0443 e. The van der Waals surface area contributed by atoms with Crippen LogP contribution in [0.4, 0.5) is 5.69 Å². The SMILES string of the molecule is [N-]=[N+]=NCC=Cc1cccc(N2CCCC2)c1. The Morgan fingerprint density at radius 1 is 1.35 bits per heavy atom. The second-order valence-electron chi connectivity index (χ2n) is 4.10. The summed E-state index contributed by atoms with van der Waals surface area (Å²) < 4.78 is 0. The van der Waals surface area contributed by atoms with Gasteiger partial charge in [-0.1, -0.05) is 29.4 Å². The van der Waals surface area contributed by atoms with Crippen LogP contribution in [-0.2, 0) is 0 Å². The molecule has 0 aromatic heterocycles. The molecule has 17 heavy (non-hydrogen) atoms. The van der Waals surface area contributed by atoms with Crippen LogP contribution in [0.1, 0.15) is 18.4 Å². The molecule has 1 aliphatic heterocycles. The van der Waals surface area contributed by atoms with Crippen LogP contribution in [0, 0.1) is 0 Å². The van der Waals surface area contributed by atoms with Crippen molar-refractivity contribution in [3.63, 3.8) is 0 Å². The molecular formula is C13H16N4. The van der Waals surface area contributed by atoms with Crippen molar-refractivity contribution in [2.45, 2.75) is 12.8 Å². The third kappa shape index (κ3) is 3.26. The van der Waals surface area contributed by atoms with Crippen LogP contribution in [0.5, 0.6) is 0 Å². The lowest BCUT2D eigenvalue weighted by Crippen LogP contribution is -2.17. The highest BCUT2D eigenvalue weighted by Gasteiger charge is 2.11. The summed E-state index contributed by atoms with van der Waals surface area (Å²) in [5.74, 6) is 0. The molecule has 1 saturated heterocycles. The normalized spacial score (nSPS) is 15.2. The molecule has 1 fully saturated rings. The average molecular weight is 228 g/mol. The van der Waals surface area contributed by atoms with E-state index < -0.39 is 0 Å². The highest BCUT2D eigenvalue weighted by Crippen LogP contribution is 2.21. The van der Waals surface area contributed by atoms with Gasteiger partial charge in [-0.2, -0.15) is 0 Å². The minimum atomic E-state index is 0.407. The van der Waals surface area contributed by atoms with Crippen LogP contribution >= 0.6 is 0 Å². The molecule has 0 atom stereocenters. The molecular weight excluding hydrogens is 212 g/mol. The summed E-state index contributed by atoms with van der Waals surface area (Å²) >= 11 is 0. The molecule has 1 aromatic rings. The molecule has 1 heterocycles. The molecule has 2 rings (SSSR count). The van der Waals surface area contributed by atoms with Crippen molar-refractivity contribution in [3.8, 4) is 0 Å². The van der Waals surface area contributed by atoms with Gasteiger partial charge < -0.3 is 4.90 Å². The predicted octanol–water partition coefficient (Wildman–Crippen LogP) is 3.61. The lowest BCUT2D eigenvalue weighted by Gasteiger charge is -2.17. The molecule has 4 heteroatoms. The Morgan fingerprint density at radius 2 is 2.18 bits per heavy atom. The Balaban J connectivity index is 2.05. The van der Waals surface area contributed by atoms with E-state index in [-0.39, 0.29) is 0 Å². The van der Waals surface area contributed by atoms with E-state index in [0.717, 1.165) is 18.7 Å². The molecule has 0 amide bonds. The van der Waals surface area contributed by atoms with E-state index in [2.05, 4.69) is 39.2 Å². The van der Waals surface area contributed by atoms with Gasteiger partial charge in [-0.05, 0) is 36.1 Å². The zero-order valence-electron chi connectivity index (χ0n) is 9.79. The molecule has 0 aliphatic carbocycles. The Kier molecular flexibility index (Phi) is 4.05. The van der Waals surface area contributed by atoms with Gasteiger partial charge in [0, 0.05) is 30.2 Å². The second kappa shape index (κ2) is 5.97. The van der Waals surface area contributed by atoms with E-state index in [9.17, 15) is 0 Å². The van der Waals surface area contributed by atoms with Gasteiger partial charge in [0.1, 0.15) is 0 Å². The maximum atomic E-state index is 8.17. The predicted molar refractivity (Wildman–Crippen MR) is 70.9 cm³/mol. The summed E-state index contributed by atoms with van der Waals surface area (Å²) in [6, 6.07) is 8.46. The van der Waals surface area contributed by atoms with Gasteiger partial charge in [0.25, 0.3) is 0 Å². The highest BCUT2D eigenvalue weighted by atomic mass is 15.1. The number of nitrogens with zero attached hydrogens (tertiary/aromatic N) is 4. The van der Waals surface area contributed by atoms with E-state index in [1.165, 1.54) is 18.5 Å². The van der Waals surface area contributed by atoms with Gasteiger partial charge in [-0.3, -0.25) is 0 Å². The van der Waals surface area contributed by atoms with Gasteiger partial charge in [0.2, 0.25) is 0 Å². The summed E-state index contributed by atoms with van der Waals surface area (Å²) in [4.78, 5) is 5.12. The largest absolute Gasteiger partial charge is 0.372 e. The fourth-order valence-electron chi connectivity index (χ4n) is 2.07. The van der Waals surface area contributed by atoms with Gasteiger partial charge in [0.15, 0.2) is 0 Å². The molecule has 0 spiro atoms. The highest BCUT2D eigenvalue weighted by molar-refractivity contribution is 5.58. The van der Waals surface area contributed by atoms with Gasteiger partial charge in [-0.15, -0.1) is 0 Å². The maximum Gasteiger partial charge on any atom is 0.0443 e. The number of azide groups is 1. The minimum absolute atomic E-state index is 0.407. The van der Waals surface area contributed by atoms with Gasteiger partial charge >= 0.3 is 0 Å². The first-order valence-corrected chi connectivity index (χ1v) is 5.92. The van der Waals surface area contributed by atoms with Crippen molar-refractivity contribution in [2.75, 3.05) is 24.5 Å². The first kappa shape index (κ1) is 11.6. The summed E-state index contributed by atoms with van der Waals surface area (Å²) in [5, 5.41) is 3.47. The van der Waals surface area contributed by atoms with Crippen molar-refractivity contribution < 1.29 is 0 Å². The van der Waals surface area contributed by atoms with Crippen LogP contribution in [0.25, 0.3) is 16.5 Å². The van der Waals surface area contributed by atoms with Crippen molar-refractivity contribution in [2.24, 2.45) is 5.11 Å². The number of benzene rings is 1. The maximum absolute atomic E-state index is 8.17. The van der Waals surface area contributed by atoms with E-state index in [1.807, 2.05) is 12.2 Å². The van der Waals surface area contributed by atoms with Gasteiger partial charge in [0.05, 0.1) is 0 Å². The van der Waals surface area contributed by atoms with Crippen LogP contribution in [-0.4, -0.2) is 19.6 Å². The van der Waals surface area contributed by atoms with E-state index in [1.54, 1.807) is 0 Å². The van der Waals surface area contributed by atoms with Crippen LogP contribution in [0.2, 0.25) is 0 Å². The van der Waals surface area contributed by atoms with E-state index in [0.29, 0.717) is 6.54 Å². The standard InChI is InChI=1S/C13H16N4/c14-16-15-8-4-6-12-5-3-7-13(11-12)17-9-1-2-10-17/h3-7,11H,1-2,8-10H2. The Labute approximate surface area is 101 Å². The Hall–Kier alpha value is -1.93. The second-order valence-corrected chi connectivity index (χ2v) is 4.10. The van der Waals surface area contributed by atoms with Crippen LogP contribution in [0.3, 0.4) is 0 Å². The topological polar surface area (TPSA) is 52.0 Å². The fourth-order valence-corrected chi connectivity index (χ4v) is 2.07. The monoisotopic (exact) mass is 228 g/mol. The lowest BCUT2D eigenvalue weighted by molar-refractivity contribution is 0.949. The van der Waals surface area contributed by atoms with Crippen molar-refractivity contribution >= 4 is 11.8 Å². The molecule has 1 aliphatic rings. The van der Waals surface area contributed by atoms with Crippen molar-refractivity contribution in [3.05, 3.63) is 46.3 Å². The quantitative estimate of drug-likeness (QED) is 0.441. The molecule has 0 N–H and O–H groups in total. The Morgan fingerprint density at radius 3 is 2.94 bits per heavy atom. The third-order valence-corrected chi connectivity index (χ3v) is 2.90.